The third-order valence-electron chi connectivity index (χ3n) is 4.09. The zero-order chi connectivity index (χ0) is 21.1. The van der Waals surface area contributed by atoms with E-state index in [1.54, 1.807) is 41.8 Å². The van der Waals surface area contributed by atoms with Crippen LogP contribution < -0.4 is 10.9 Å². The molecule has 0 aliphatic heterocycles. The number of halogens is 1. The first-order chi connectivity index (χ1) is 14.5. The Morgan fingerprint density at radius 1 is 1.13 bits per heavy atom. The molecule has 0 atom stereocenters. The van der Waals surface area contributed by atoms with Gasteiger partial charge in [-0.25, -0.2) is 19.0 Å². The Bertz CT molecular complexity index is 1300. The normalized spacial score (nSPS) is 10.7. The number of amides is 1. The predicted octanol–water partition coefficient (Wildman–Crippen LogP) is 3.85. The molecule has 1 N–H and O–H groups in total. The van der Waals surface area contributed by atoms with E-state index >= 15 is 0 Å². The highest BCUT2D eigenvalue weighted by Gasteiger charge is 2.17. The van der Waals surface area contributed by atoms with Crippen LogP contribution in [0.3, 0.4) is 0 Å². The second kappa shape index (κ2) is 8.26. The Morgan fingerprint density at radius 3 is 2.70 bits per heavy atom. The number of para-hydroxylation sites is 1. The number of carbonyl (C=O) groups is 2. The molecule has 2 heterocycles. The number of ether oxygens (including phenoxy) is 1. The SMILES string of the molecule is O=C(COC(=O)c1cc2ccccc2oc1=O)Nc1nc(-c2ccc(F)cc2)cs1. The maximum Gasteiger partial charge on any atom is 0.351 e. The number of thiazole rings is 1. The van der Waals surface area contributed by atoms with Gasteiger partial charge in [0, 0.05) is 16.3 Å². The van der Waals surface area contributed by atoms with Gasteiger partial charge in [0.2, 0.25) is 0 Å². The first-order valence-corrected chi connectivity index (χ1v) is 9.59. The van der Waals surface area contributed by atoms with Gasteiger partial charge in [0.05, 0.1) is 5.69 Å². The highest BCUT2D eigenvalue weighted by Crippen LogP contribution is 2.25. The van der Waals surface area contributed by atoms with Gasteiger partial charge in [-0.1, -0.05) is 18.2 Å². The van der Waals surface area contributed by atoms with Gasteiger partial charge in [-0.05, 0) is 36.4 Å². The van der Waals surface area contributed by atoms with Crippen molar-refractivity contribution in [3.05, 3.63) is 81.8 Å². The quantitative estimate of drug-likeness (QED) is 0.386. The number of esters is 1. The van der Waals surface area contributed by atoms with Crippen molar-refractivity contribution in [2.24, 2.45) is 0 Å². The van der Waals surface area contributed by atoms with Crippen molar-refractivity contribution in [3.8, 4) is 11.3 Å². The molecule has 2 aromatic heterocycles. The fourth-order valence-corrected chi connectivity index (χ4v) is 3.39. The van der Waals surface area contributed by atoms with Crippen molar-refractivity contribution in [2.45, 2.75) is 0 Å². The van der Waals surface area contributed by atoms with E-state index in [0.717, 1.165) is 0 Å². The topological polar surface area (TPSA) is 98.5 Å². The van der Waals surface area contributed by atoms with Crippen molar-refractivity contribution >= 4 is 39.3 Å². The van der Waals surface area contributed by atoms with Crippen LogP contribution in [0.5, 0.6) is 0 Å². The zero-order valence-electron chi connectivity index (χ0n) is 15.3. The molecule has 4 aromatic rings. The van der Waals surface area contributed by atoms with Crippen LogP contribution in [0.15, 0.2) is 69.2 Å². The van der Waals surface area contributed by atoms with E-state index in [1.165, 1.54) is 29.5 Å². The third-order valence-corrected chi connectivity index (χ3v) is 4.84. The van der Waals surface area contributed by atoms with E-state index in [0.29, 0.717) is 27.4 Å². The van der Waals surface area contributed by atoms with Gasteiger partial charge in [-0.15, -0.1) is 11.3 Å². The van der Waals surface area contributed by atoms with Crippen molar-refractivity contribution in [1.82, 2.24) is 4.98 Å². The molecule has 4 rings (SSSR count). The molecule has 0 saturated heterocycles. The summed E-state index contributed by atoms with van der Waals surface area (Å²) in [5, 5.41) is 5.07. The molecule has 7 nitrogen and oxygen atoms in total. The number of rotatable bonds is 5. The van der Waals surface area contributed by atoms with Crippen molar-refractivity contribution in [3.63, 3.8) is 0 Å². The molecule has 150 valence electrons. The molecule has 1 amide bonds. The Morgan fingerprint density at radius 2 is 1.90 bits per heavy atom. The van der Waals surface area contributed by atoms with E-state index in [9.17, 15) is 18.8 Å². The van der Waals surface area contributed by atoms with Crippen LogP contribution >= 0.6 is 11.3 Å². The molecule has 9 heteroatoms. The highest BCUT2D eigenvalue weighted by atomic mass is 32.1. The molecule has 0 spiro atoms. The number of carbonyl (C=O) groups excluding carboxylic acids is 2. The van der Waals surface area contributed by atoms with Crippen LogP contribution in [0, 0.1) is 5.82 Å². The largest absolute Gasteiger partial charge is 0.452 e. The molecule has 30 heavy (non-hydrogen) atoms. The van der Waals surface area contributed by atoms with Crippen molar-refractivity contribution in [2.75, 3.05) is 11.9 Å². The number of aromatic nitrogens is 1. The lowest BCUT2D eigenvalue weighted by molar-refractivity contribution is -0.119. The van der Waals surface area contributed by atoms with Crippen LogP contribution in [0.4, 0.5) is 9.52 Å². The summed E-state index contributed by atoms with van der Waals surface area (Å²) in [6.07, 6.45) is 0. The van der Waals surface area contributed by atoms with E-state index < -0.39 is 24.1 Å². The fourth-order valence-electron chi connectivity index (χ4n) is 2.65. The van der Waals surface area contributed by atoms with Crippen LogP contribution in [0.25, 0.3) is 22.2 Å². The minimum Gasteiger partial charge on any atom is -0.452 e. The lowest BCUT2D eigenvalue weighted by Crippen LogP contribution is -2.23. The molecular formula is C21H13FN2O5S. The van der Waals surface area contributed by atoms with Crippen molar-refractivity contribution in [1.29, 1.82) is 0 Å². The van der Waals surface area contributed by atoms with Crippen molar-refractivity contribution < 1.29 is 23.1 Å². The first-order valence-electron chi connectivity index (χ1n) is 8.71. The Hall–Kier alpha value is -3.85. The summed E-state index contributed by atoms with van der Waals surface area (Å²) in [5.41, 5.74) is 0.471. The maximum atomic E-state index is 13.0. The summed E-state index contributed by atoms with van der Waals surface area (Å²) in [5.74, 6) is -1.94. The van der Waals surface area contributed by atoms with Crippen LogP contribution in [-0.4, -0.2) is 23.5 Å². The molecule has 0 radical (unpaired) electrons. The first kappa shape index (κ1) is 19.5. The van der Waals surface area contributed by atoms with Gasteiger partial charge in [0.1, 0.15) is 17.0 Å². The molecule has 0 saturated carbocycles. The molecule has 2 aromatic carbocycles. The number of benzene rings is 2. The molecular weight excluding hydrogens is 411 g/mol. The molecule has 0 fully saturated rings. The van der Waals surface area contributed by atoms with Crippen LogP contribution in [0.2, 0.25) is 0 Å². The standard InChI is InChI=1S/C21H13FN2O5S/c22-14-7-5-12(6-8-14)16-11-30-21(23-16)24-18(25)10-28-19(26)15-9-13-3-1-2-4-17(13)29-20(15)27/h1-9,11H,10H2,(H,23,24,25). The molecule has 0 bridgehead atoms. The van der Waals surface area contributed by atoms with E-state index in [1.807, 2.05) is 0 Å². The lowest BCUT2D eigenvalue weighted by atomic mass is 10.2. The number of anilines is 1. The van der Waals surface area contributed by atoms with Crippen LogP contribution in [0.1, 0.15) is 10.4 Å². The second-order valence-corrected chi connectivity index (χ2v) is 7.01. The number of nitrogens with zero attached hydrogens (tertiary/aromatic N) is 1. The Balaban J connectivity index is 1.38. The predicted molar refractivity (Wildman–Crippen MR) is 109 cm³/mol. The van der Waals surface area contributed by atoms with Gasteiger partial charge in [-0.2, -0.15) is 0 Å². The smallest absolute Gasteiger partial charge is 0.351 e. The number of hydrogen-bond acceptors (Lipinski definition) is 7. The highest BCUT2D eigenvalue weighted by molar-refractivity contribution is 7.14. The summed E-state index contributed by atoms with van der Waals surface area (Å²) < 4.78 is 23.0. The second-order valence-electron chi connectivity index (χ2n) is 6.15. The zero-order valence-corrected chi connectivity index (χ0v) is 16.1. The van der Waals surface area contributed by atoms with Crippen LogP contribution in [-0.2, 0) is 9.53 Å². The average molecular weight is 424 g/mol. The van der Waals surface area contributed by atoms with E-state index in [2.05, 4.69) is 10.3 Å². The van der Waals surface area contributed by atoms with Gasteiger partial charge in [-0.3, -0.25) is 10.1 Å². The van der Waals surface area contributed by atoms with Gasteiger partial charge >= 0.3 is 11.6 Å². The lowest BCUT2D eigenvalue weighted by Gasteiger charge is -2.05. The number of fused-ring (bicyclic) bond motifs is 1. The summed E-state index contributed by atoms with van der Waals surface area (Å²) in [7, 11) is 0. The minimum atomic E-state index is -0.962. The fraction of sp³-hybridized carbons (Fsp3) is 0.0476. The van der Waals surface area contributed by atoms with E-state index in [4.69, 9.17) is 9.15 Å². The summed E-state index contributed by atoms with van der Waals surface area (Å²) in [6, 6.07) is 13.9. The molecule has 0 aliphatic carbocycles. The number of nitrogens with one attached hydrogen (secondary N) is 1. The Kier molecular flexibility index (Phi) is 5.36. The third kappa shape index (κ3) is 4.26. The summed E-state index contributed by atoms with van der Waals surface area (Å²) in [4.78, 5) is 40.5. The molecule has 0 aliphatic rings. The minimum absolute atomic E-state index is 0.292. The Labute approximate surface area is 172 Å². The van der Waals surface area contributed by atoms with Gasteiger partial charge < -0.3 is 9.15 Å². The van der Waals surface area contributed by atoms with E-state index in [-0.39, 0.29) is 11.4 Å². The average Bonchev–Trinajstić information content (AvgIpc) is 3.20. The monoisotopic (exact) mass is 424 g/mol. The van der Waals surface area contributed by atoms with Gasteiger partial charge in [0.25, 0.3) is 5.91 Å². The summed E-state index contributed by atoms with van der Waals surface area (Å²) >= 11 is 1.17. The molecule has 0 unspecified atom stereocenters. The summed E-state index contributed by atoms with van der Waals surface area (Å²) in [6.45, 7) is -0.601. The number of hydrogen-bond donors (Lipinski definition) is 1. The maximum absolute atomic E-state index is 13.0. The van der Waals surface area contributed by atoms with Gasteiger partial charge in [0.15, 0.2) is 11.7 Å².